The fourth-order valence-corrected chi connectivity index (χ4v) is 2.66. The van der Waals surface area contributed by atoms with Crippen molar-refractivity contribution in [2.24, 2.45) is 0 Å². The molecule has 0 unspecified atom stereocenters. The minimum Gasteiger partial charge on any atom is -0.456 e. The summed E-state index contributed by atoms with van der Waals surface area (Å²) in [7, 11) is -3.27. The molecule has 0 aliphatic carbocycles. The first kappa shape index (κ1) is 14.6. The predicted octanol–water partition coefficient (Wildman–Crippen LogP) is 3.52. The Balaban J connectivity index is 2.34. The Morgan fingerprint density at radius 2 is 1.95 bits per heavy atom. The summed E-state index contributed by atoms with van der Waals surface area (Å²) in [6, 6.07) is 13.2. The molecule has 102 valence electrons. The minimum absolute atomic E-state index is 0.194. The second-order valence-corrected chi connectivity index (χ2v) is 6.98. The summed E-state index contributed by atoms with van der Waals surface area (Å²) in [6.07, 6.45) is 1.14. The predicted molar refractivity (Wildman–Crippen MR) is 78.5 cm³/mol. The molecule has 0 spiro atoms. The van der Waals surface area contributed by atoms with Crippen LogP contribution in [-0.2, 0) is 9.84 Å². The van der Waals surface area contributed by atoms with Crippen LogP contribution in [0.5, 0.6) is 11.5 Å². The van der Waals surface area contributed by atoms with Gasteiger partial charge in [-0.05, 0) is 52.3 Å². The molecule has 4 nitrogen and oxygen atoms in total. The molecule has 0 saturated carbocycles. The van der Waals surface area contributed by atoms with E-state index < -0.39 is 9.84 Å². The summed E-state index contributed by atoms with van der Waals surface area (Å²) in [5.41, 5.74) is 0.508. The number of sulfone groups is 1. The summed E-state index contributed by atoms with van der Waals surface area (Å²) >= 11 is 3.31. The van der Waals surface area contributed by atoms with E-state index in [1.54, 1.807) is 30.3 Å². The number of benzene rings is 2. The first-order valence-electron chi connectivity index (χ1n) is 5.58. The molecule has 20 heavy (non-hydrogen) atoms. The van der Waals surface area contributed by atoms with E-state index in [9.17, 15) is 8.42 Å². The summed E-state index contributed by atoms with van der Waals surface area (Å²) in [6.45, 7) is 0. The van der Waals surface area contributed by atoms with E-state index in [0.29, 0.717) is 21.5 Å². The van der Waals surface area contributed by atoms with E-state index in [1.165, 1.54) is 12.1 Å². The van der Waals surface area contributed by atoms with Crippen LogP contribution in [0.2, 0.25) is 0 Å². The van der Waals surface area contributed by atoms with Crippen LogP contribution in [0, 0.1) is 11.3 Å². The zero-order valence-corrected chi connectivity index (χ0v) is 12.9. The maximum absolute atomic E-state index is 11.5. The second kappa shape index (κ2) is 5.65. The van der Waals surface area contributed by atoms with E-state index in [0.717, 1.165) is 6.26 Å². The van der Waals surface area contributed by atoms with Gasteiger partial charge >= 0.3 is 0 Å². The molecule has 0 amide bonds. The van der Waals surface area contributed by atoms with Gasteiger partial charge in [0.05, 0.1) is 21.0 Å². The van der Waals surface area contributed by atoms with Crippen LogP contribution in [0.15, 0.2) is 51.8 Å². The lowest BCUT2D eigenvalue weighted by molar-refractivity contribution is 0.477. The number of ether oxygens (including phenoxy) is 1. The van der Waals surface area contributed by atoms with Gasteiger partial charge in [-0.1, -0.05) is 6.07 Å². The normalized spacial score (nSPS) is 10.8. The van der Waals surface area contributed by atoms with E-state index >= 15 is 0 Å². The third-order valence-corrected chi connectivity index (χ3v) is 4.25. The molecular formula is C14H10BrNO3S. The molecule has 0 fully saturated rings. The van der Waals surface area contributed by atoms with E-state index in [4.69, 9.17) is 10.00 Å². The van der Waals surface area contributed by atoms with Crippen LogP contribution in [0.3, 0.4) is 0 Å². The Kier molecular flexibility index (Phi) is 4.12. The molecule has 0 aliphatic rings. The summed E-state index contributed by atoms with van der Waals surface area (Å²) in [5, 5.41) is 8.79. The minimum atomic E-state index is -3.27. The van der Waals surface area contributed by atoms with Crippen molar-refractivity contribution in [3.8, 4) is 17.6 Å². The van der Waals surface area contributed by atoms with Crippen molar-refractivity contribution in [3.63, 3.8) is 0 Å². The molecule has 2 aromatic carbocycles. The van der Waals surface area contributed by atoms with Crippen molar-refractivity contribution >= 4 is 25.8 Å². The Morgan fingerprint density at radius 3 is 2.55 bits per heavy atom. The average molecular weight is 352 g/mol. The molecular weight excluding hydrogens is 342 g/mol. The van der Waals surface area contributed by atoms with Crippen molar-refractivity contribution < 1.29 is 13.2 Å². The van der Waals surface area contributed by atoms with Gasteiger partial charge in [0, 0.05) is 6.26 Å². The van der Waals surface area contributed by atoms with E-state index in [1.807, 2.05) is 6.07 Å². The van der Waals surface area contributed by atoms with E-state index in [2.05, 4.69) is 15.9 Å². The number of hydrogen-bond donors (Lipinski definition) is 0. The quantitative estimate of drug-likeness (QED) is 0.848. The second-order valence-electron chi connectivity index (χ2n) is 4.11. The molecule has 0 radical (unpaired) electrons. The van der Waals surface area contributed by atoms with Crippen molar-refractivity contribution in [1.82, 2.24) is 0 Å². The fraction of sp³-hybridized carbons (Fsp3) is 0.0714. The van der Waals surface area contributed by atoms with Gasteiger partial charge in [-0.25, -0.2) is 8.42 Å². The van der Waals surface area contributed by atoms with Crippen LogP contribution in [-0.4, -0.2) is 14.7 Å². The Labute approximate surface area is 125 Å². The van der Waals surface area contributed by atoms with Crippen LogP contribution in [0.25, 0.3) is 0 Å². The molecule has 0 saturated heterocycles. The number of halogens is 1. The van der Waals surface area contributed by atoms with Gasteiger partial charge < -0.3 is 4.74 Å². The highest BCUT2D eigenvalue weighted by atomic mass is 79.9. The Morgan fingerprint density at radius 1 is 1.20 bits per heavy atom. The number of nitriles is 1. The zero-order valence-electron chi connectivity index (χ0n) is 10.5. The summed E-state index contributed by atoms with van der Waals surface area (Å²) in [4.78, 5) is 0.194. The number of rotatable bonds is 3. The Hall–Kier alpha value is -1.84. The SMILES string of the molecule is CS(=O)(=O)c1cccc(Oc2ccc(C#N)cc2Br)c1. The first-order chi connectivity index (χ1) is 9.40. The highest BCUT2D eigenvalue weighted by Crippen LogP contribution is 2.31. The monoisotopic (exact) mass is 351 g/mol. The van der Waals surface area contributed by atoms with E-state index in [-0.39, 0.29) is 4.90 Å². The fourth-order valence-electron chi connectivity index (χ4n) is 1.55. The standard InChI is InChI=1S/C14H10BrNO3S/c1-20(17,18)12-4-2-3-11(8-12)19-14-6-5-10(9-16)7-13(14)15/h2-8H,1H3. The van der Waals surface area contributed by atoms with Crippen molar-refractivity contribution in [2.45, 2.75) is 4.90 Å². The molecule has 0 bridgehead atoms. The molecule has 0 atom stereocenters. The lowest BCUT2D eigenvalue weighted by Crippen LogP contribution is -1.97. The van der Waals surface area contributed by atoms with Crippen LogP contribution in [0.4, 0.5) is 0 Å². The molecule has 2 rings (SSSR count). The Bertz CT molecular complexity index is 794. The van der Waals surface area contributed by atoms with Gasteiger partial charge in [0.15, 0.2) is 9.84 Å². The lowest BCUT2D eigenvalue weighted by Gasteiger charge is -2.09. The molecule has 6 heteroatoms. The zero-order chi connectivity index (χ0) is 14.8. The van der Waals surface area contributed by atoms with Gasteiger partial charge in [0.2, 0.25) is 0 Å². The lowest BCUT2D eigenvalue weighted by atomic mass is 10.2. The van der Waals surface area contributed by atoms with Gasteiger partial charge in [-0.3, -0.25) is 0 Å². The van der Waals surface area contributed by atoms with Crippen molar-refractivity contribution in [2.75, 3.05) is 6.26 Å². The summed E-state index contributed by atoms with van der Waals surface area (Å²) < 4.78 is 29.2. The van der Waals surface area contributed by atoms with Crippen LogP contribution < -0.4 is 4.74 Å². The van der Waals surface area contributed by atoms with Crippen LogP contribution in [0.1, 0.15) is 5.56 Å². The average Bonchev–Trinajstić information content (AvgIpc) is 2.40. The molecule has 0 aliphatic heterocycles. The van der Waals surface area contributed by atoms with Gasteiger partial charge in [-0.2, -0.15) is 5.26 Å². The third-order valence-electron chi connectivity index (χ3n) is 2.52. The van der Waals surface area contributed by atoms with Gasteiger partial charge in [0.1, 0.15) is 11.5 Å². The maximum atomic E-state index is 11.5. The molecule has 0 heterocycles. The highest BCUT2D eigenvalue weighted by Gasteiger charge is 2.09. The van der Waals surface area contributed by atoms with Gasteiger partial charge in [0.25, 0.3) is 0 Å². The molecule has 0 aromatic heterocycles. The largest absolute Gasteiger partial charge is 0.456 e. The highest BCUT2D eigenvalue weighted by molar-refractivity contribution is 9.10. The molecule has 2 aromatic rings. The third kappa shape index (κ3) is 3.38. The first-order valence-corrected chi connectivity index (χ1v) is 8.26. The smallest absolute Gasteiger partial charge is 0.175 e. The topological polar surface area (TPSA) is 67.2 Å². The van der Waals surface area contributed by atoms with Crippen LogP contribution >= 0.6 is 15.9 Å². The van der Waals surface area contributed by atoms with Gasteiger partial charge in [-0.15, -0.1) is 0 Å². The van der Waals surface area contributed by atoms with Crippen molar-refractivity contribution in [1.29, 1.82) is 5.26 Å². The maximum Gasteiger partial charge on any atom is 0.175 e. The number of nitrogens with zero attached hydrogens (tertiary/aromatic N) is 1. The number of hydrogen-bond acceptors (Lipinski definition) is 4. The van der Waals surface area contributed by atoms with Crippen molar-refractivity contribution in [3.05, 3.63) is 52.5 Å². The summed E-state index contributed by atoms with van der Waals surface area (Å²) in [5.74, 6) is 0.924. The molecule has 0 N–H and O–H groups in total.